The summed E-state index contributed by atoms with van der Waals surface area (Å²) < 4.78 is 0. The zero-order valence-electron chi connectivity index (χ0n) is 9.49. The van der Waals surface area contributed by atoms with Crippen molar-refractivity contribution in [2.24, 2.45) is 0 Å². The Morgan fingerprint density at radius 1 is 1.47 bits per heavy atom. The van der Waals surface area contributed by atoms with E-state index in [1.54, 1.807) is 13.1 Å². The van der Waals surface area contributed by atoms with E-state index in [-0.39, 0.29) is 12.1 Å². The molecule has 0 amide bonds. The van der Waals surface area contributed by atoms with Gasteiger partial charge in [0.1, 0.15) is 5.82 Å². The van der Waals surface area contributed by atoms with Crippen molar-refractivity contribution in [2.75, 3.05) is 17.7 Å². The number of hydrogen-bond acceptors (Lipinski definition) is 4. The van der Waals surface area contributed by atoms with Gasteiger partial charge in [0.15, 0.2) is 0 Å². The zero-order valence-corrected chi connectivity index (χ0v) is 9.49. The van der Waals surface area contributed by atoms with Gasteiger partial charge in [0.2, 0.25) is 0 Å². The number of aromatic nitrogens is 1. The highest BCUT2D eigenvalue weighted by molar-refractivity contribution is 5.51. The number of hydrogen-bond donors (Lipinski definition) is 3. The molecule has 15 heavy (non-hydrogen) atoms. The quantitative estimate of drug-likeness (QED) is 0.691. The van der Waals surface area contributed by atoms with Crippen molar-refractivity contribution in [3.63, 3.8) is 0 Å². The first-order valence-corrected chi connectivity index (χ1v) is 5.20. The van der Waals surface area contributed by atoms with Gasteiger partial charge in [0, 0.05) is 31.0 Å². The monoisotopic (exact) mass is 209 g/mol. The van der Waals surface area contributed by atoms with Crippen LogP contribution < -0.4 is 10.6 Å². The number of nitrogens with zero attached hydrogens (tertiary/aromatic N) is 1. The number of anilines is 2. The molecule has 0 saturated carbocycles. The van der Waals surface area contributed by atoms with Crippen LogP contribution in [0.3, 0.4) is 0 Å². The Balaban J connectivity index is 2.55. The average molecular weight is 209 g/mol. The van der Waals surface area contributed by atoms with Crippen LogP contribution in [-0.2, 0) is 0 Å². The zero-order chi connectivity index (χ0) is 11.3. The van der Waals surface area contributed by atoms with Crippen LogP contribution in [0.25, 0.3) is 0 Å². The lowest BCUT2D eigenvalue weighted by molar-refractivity contribution is 0.179. The van der Waals surface area contributed by atoms with Crippen LogP contribution in [0, 0.1) is 0 Å². The predicted octanol–water partition coefficient (Wildman–Crippen LogP) is 1.69. The molecule has 1 rings (SSSR count). The third-order valence-electron chi connectivity index (χ3n) is 2.12. The topological polar surface area (TPSA) is 57.2 Å². The molecule has 0 aromatic carbocycles. The minimum atomic E-state index is -0.280. The molecule has 3 N–H and O–H groups in total. The molecular weight excluding hydrogens is 190 g/mol. The SMILES string of the molecule is CNc1cc(NC(C)CC(C)O)ccn1. The Bertz CT molecular complexity index is 302. The van der Waals surface area contributed by atoms with Crippen molar-refractivity contribution in [2.45, 2.75) is 32.4 Å². The highest BCUT2D eigenvalue weighted by Crippen LogP contribution is 2.13. The van der Waals surface area contributed by atoms with Gasteiger partial charge < -0.3 is 15.7 Å². The van der Waals surface area contributed by atoms with Gasteiger partial charge in [0.25, 0.3) is 0 Å². The normalized spacial score (nSPS) is 14.4. The molecule has 0 fully saturated rings. The number of nitrogens with one attached hydrogen (secondary N) is 2. The van der Waals surface area contributed by atoms with Crippen molar-refractivity contribution in [1.29, 1.82) is 0 Å². The maximum absolute atomic E-state index is 9.24. The first-order chi connectivity index (χ1) is 7.11. The third-order valence-corrected chi connectivity index (χ3v) is 2.12. The first kappa shape index (κ1) is 11.8. The summed E-state index contributed by atoms with van der Waals surface area (Å²) in [6, 6.07) is 4.11. The lowest BCUT2D eigenvalue weighted by atomic mass is 10.1. The summed E-state index contributed by atoms with van der Waals surface area (Å²) in [5.41, 5.74) is 1.02. The highest BCUT2D eigenvalue weighted by Gasteiger charge is 2.05. The van der Waals surface area contributed by atoms with E-state index in [0.29, 0.717) is 0 Å². The molecule has 1 heterocycles. The molecule has 0 spiro atoms. The Kier molecular flexibility index (Phi) is 4.37. The van der Waals surface area contributed by atoms with Gasteiger partial charge in [-0.3, -0.25) is 0 Å². The van der Waals surface area contributed by atoms with Crippen LogP contribution in [0.2, 0.25) is 0 Å². The highest BCUT2D eigenvalue weighted by atomic mass is 16.3. The Labute approximate surface area is 90.7 Å². The van der Waals surface area contributed by atoms with E-state index in [1.807, 2.05) is 26.1 Å². The number of rotatable bonds is 5. The van der Waals surface area contributed by atoms with Gasteiger partial charge in [-0.2, -0.15) is 0 Å². The summed E-state index contributed by atoms with van der Waals surface area (Å²) in [6.45, 7) is 3.84. The van der Waals surface area contributed by atoms with Gasteiger partial charge in [-0.05, 0) is 26.3 Å². The Morgan fingerprint density at radius 2 is 2.20 bits per heavy atom. The van der Waals surface area contributed by atoms with Crippen LogP contribution in [0.15, 0.2) is 18.3 Å². The van der Waals surface area contributed by atoms with E-state index < -0.39 is 0 Å². The molecule has 0 aliphatic rings. The average Bonchev–Trinajstić information content (AvgIpc) is 2.16. The number of aliphatic hydroxyl groups is 1. The molecule has 2 unspecified atom stereocenters. The van der Waals surface area contributed by atoms with E-state index in [4.69, 9.17) is 0 Å². The smallest absolute Gasteiger partial charge is 0.127 e. The summed E-state index contributed by atoms with van der Waals surface area (Å²) in [4.78, 5) is 4.13. The molecule has 0 aliphatic carbocycles. The van der Waals surface area contributed by atoms with Crippen molar-refractivity contribution in [3.8, 4) is 0 Å². The second-order valence-electron chi connectivity index (χ2n) is 3.81. The minimum absolute atomic E-state index is 0.247. The fourth-order valence-electron chi connectivity index (χ4n) is 1.51. The van der Waals surface area contributed by atoms with Crippen LogP contribution in [0.1, 0.15) is 20.3 Å². The number of aliphatic hydroxyl groups excluding tert-OH is 1. The van der Waals surface area contributed by atoms with E-state index >= 15 is 0 Å². The van der Waals surface area contributed by atoms with E-state index in [2.05, 4.69) is 15.6 Å². The second-order valence-corrected chi connectivity index (χ2v) is 3.81. The Hall–Kier alpha value is -1.29. The summed E-state index contributed by atoms with van der Waals surface area (Å²) >= 11 is 0. The minimum Gasteiger partial charge on any atom is -0.393 e. The van der Waals surface area contributed by atoms with Crippen molar-refractivity contribution in [3.05, 3.63) is 18.3 Å². The Morgan fingerprint density at radius 3 is 2.80 bits per heavy atom. The summed E-state index contributed by atoms with van der Waals surface area (Å²) in [5.74, 6) is 0.837. The summed E-state index contributed by atoms with van der Waals surface area (Å²) in [7, 11) is 1.84. The van der Waals surface area contributed by atoms with Gasteiger partial charge in [-0.15, -0.1) is 0 Å². The van der Waals surface area contributed by atoms with Crippen LogP contribution >= 0.6 is 0 Å². The molecule has 1 aromatic rings. The maximum atomic E-state index is 9.24. The molecule has 1 aromatic heterocycles. The van der Waals surface area contributed by atoms with Gasteiger partial charge in [-0.25, -0.2) is 4.98 Å². The lowest BCUT2D eigenvalue weighted by Gasteiger charge is -2.16. The van der Waals surface area contributed by atoms with Gasteiger partial charge in [-0.1, -0.05) is 0 Å². The van der Waals surface area contributed by atoms with Crippen molar-refractivity contribution >= 4 is 11.5 Å². The van der Waals surface area contributed by atoms with Crippen molar-refractivity contribution in [1.82, 2.24) is 4.98 Å². The van der Waals surface area contributed by atoms with Crippen LogP contribution in [0.4, 0.5) is 11.5 Å². The van der Waals surface area contributed by atoms with E-state index in [1.165, 1.54) is 0 Å². The van der Waals surface area contributed by atoms with Gasteiger partial charge >= 0.3 is 0 Å². The molecule has 0 aliphatic heterocycles. The molecule has 0 bridgehead atoms. The lowest BCUT2D eigenvalue weighted by Crippen LogP contribution is -2.20. The van der Waals surface area contributed by atoms with E-state index in [9.17, 15) is 5.11 Å². The molecule has 0 saturated heterocycles. The molecule has 2 atom stereocenters. The third kappa shape index (κ3) is 4.16. The molecule has 4 heteroatoms. The first-order valence-electron chi connectivity index (χ1n) is 5.20. The maximum Gasteiger partial charge on any atom is 0.127 e. The van der Waals surface area contributed by atoms with Gasteiger partial charge in [0.05, 0.1) is 6.10 Å². The molecule has 0 radical (unpaired) electrons. The van der Waals surface area contributed by atoms with E-state index in [0.717, 1.165) is 17.9 Å². The fraction of sp³-hybridized carbons (Fsp3) is 0.545. The largest absolute Gasteiger partial charge is 0.393 e. The van der Waals surface area contributed by atoms with Crippen LogP contribution in [-0.4, -0.2) is 29.3 Å². The number of pyridine rings is 1. The molecule has 84 valence electrons. The van der Waals surface area contributed by atoms with Crippen LogP contribution in [0.5, 0.6) is 0 Å². The summed E-state index contributed by atoms with van der Waals surface area (Å²) in [6.07, 6.45) is 2.21. The second kappa shape index (κ2) is 5.56. The fourth-order valence-corrected chi connectivity index (χ4v) is 1.51. The predicted molar refractivity (Wildman–Crippen MR) is 63.2 cm³/mol. The van der Waals surface area contributed by atoms with Crippen molar-refractivity contribution < 1.29 is 5.11 Å². The summed E-state index contributed by atoms with van der Waals surface area (Å²) in [5, 5.41) is 15.5. The molecule has 4 nitrogen and oxygen atoms in total. The molecular formula is C11H19N3O. The standard InChI is InChI=1S/C11H19N3O/c1-8(6-9(2)15)14-10-4-5-13-11(7-10)12-3/h4-5,7-9,15H,6H2,1-3H3,(H2,12,13,14).